The van der Waals surface area contributed by atoms with Crippen molar-refractivity contribution in [1.82, 2.24) is 5.01 Å². The number of hydrogen-bond donors (Lipinski definition) is 2. The maximum Gasteiger partial charge on any atom is 0.285 e. The number of para-hydroxylation sites is 2. The van der Waals surface area contributed by atoms with Gasteiger partial charge < -0.3 is 15.2 Å². The molecule has 7 heteroatoms. The molecule has 7 nitrogen and oxygen atoms in total. The third-order valence-electron chi connectivity index (χ3n) is 5.78. The highest BCUT2D eigenvalue weighted by atomic mass is 16.5. The Bertz CT molecular complexity index is 1320. The van der Waals surface area contributed by atoms with Gasteiger partial charge in [-0.15, -0.1) is 0 Å². The van der Waals surface area contributed by atoms with Crippen LogP contribution >= 0.6 is 0 Å². The van der Waals surface area contributed by atoms with Crippen LogP contribution in [0.15, 0.2) is 83.5 Å². The van der Waals surface area contributed by atoms with Crippen molar-refractivity contribution in [2.75, 3.05) is 11.9 Å². The molecule has 0 saturated carbocycles. The zero-order chi connectivity index (χ0) is 23.0. The Labute approximate surface area is 190 Å². The van der Waals surface area contributed by atoms with E-state index >= 15 is 0 Å². The highest BCUT2D eigenvalue weighted by Crippen LogP contribution is 2.52. The van der Waals surface area contributed by atoms with Crippen molar-refractivity contribution in [2.24, 2.45) is 5.10 Å². The van der Waals surface area contributed by atoms with Gasteiger partial charge in [0.25, 0.3) is 5.91 Å². The molecule has 5 rings (SSSR count). The van der Waals surface area contributed by atoms with Crippen LogP contribution in [0.4, 0.5) is 11.4 Å². The van der Waals surface area contributed by atoms with Crippen molar-refractivity contribution >= 4 is 23.5 Å². The average molecular weight is 436 g/mol. The molecular weight excluding hydrogens is 416 g/mol. The van der Waals surface area contributed by atoms with E-state index in [1.807, 2.05) is 61.5 Å². The molecule has 2 aliphatic heterocycles. The van der Waals surface area contributed by atoms with Crippen molar-refractivity contribution in [3.05, 3.63) is 95.1 Å². The summed E-state index contributed by atoms with van der Waals surface area (Å²) in [7, 11) is 0. The predicted octanol–water partition coefficient (Wildman–Crippen LogP) is 4.42. The molecule has 1 amide bonds. The number of ether oxygens (including phenoxy) is 1. The number of hydrogen-bond acceptors (Lipinski definition) is 6. The quantitative estimate of drug-likeness (QED) is 0.590. The molecule has 33 heavy (non-hydrogen) atoms. The van der Waals surface area contributed by atoms with Crippen LogP contribution in [0.25, 0.3) is 0 Å². The number of phenols is 1. The maximum atomic E-state index is 13.3. The molecule has 0 aromatic heterocycles. The van der Waals surface area contributed by atoms with E-state index in [9.17, 15) is 15.2 Å². The number of hydrazone groups is 1. The standard InChI is InChI=1S/C26H20N4O3/c1-2-33-24-13-17(11-12-23(24)31)16-28-30-25(32)18(15-27)14-26(30)19-7-3-5-9-21(19)29-22-10-6-4-8-20(22)26/h3-14,16,29,31H,2H2,1H3/b28-16-. The molecular formula is C26H20N4O3. The first-order valence-electron chi connectivity index (χ1n) is 10.5. The van der Waals surface area contributed by atoms with E-state index in [4.69, 9.17) is 4.74 Å². The first-order chi connectivity index (χ1) is 16.1. The van der Waals surface area contributed by atoms with E-state index < -0.39 is 11.4 Å². The summed E-state index contributed by atoms with van der Waals surface area (Å²) >= 11 is 0. The van der Waals surface area contributed by atoms with Crippen LogP contribution in [-0.2, 0) is 10.3 Å². The molecule has 0 saturated heterocycles. The highest BCUT2D eigenvalue weighted by molar-refractivity contribution is 6.03. The number of carbonyl (C=O) groups excluding carboxylic acids is 1. The molecule has 2 aliphatic rings. The van der Waals surface area contributed by atoms with E-state index in [1.165, 1.54) is 17.3 Å². The van der Waals surface area contributed by atoms with Crippen LogP contribution in [0.1, 0.15) is 23.6 Å². The van der Waals surface area contributed by atoms with E-state index in [0.717, 1.165) is 22.5 Å². The topological polar surface area (TPSA) is 98.0 Å². The predicted molar refractivity (Wildman–Crippen MR) is 124 cm³/mol. The number of nitriles is 1. The van der Waals surface area contributed by atoms with E-state index in [-0.39, 0.29) is 11.3 Å². The molecule has 3 aromatic rings. The Balaban J connectivity index is 1.68. The average Bonchev–Trinajstić information content (AvgIpc) is 3.12. The second-order valence-corrected chi connectivity index (χ2v) is 7.67. The summed E-state index contributed by atoms with van der Waals surface area (Å²) in [5.41, 5.74) is 2.90. The minimum Gasteiger partial charge on any atom is -0.504 e. The lowest BCUT2D eigenvalue weighted by atomic mass is 9.78. The molecule has 162 valence electrons. The molecule has 0 unspecified atom stereocenters. The van der Waals surface area contributed by atoms with Crippen molar-refractivity contribution in [3.8, 4) is 17.6 Å². The lowest BCUT2D eigenvalue weighted by Gasteiger charge is -2.41. The van der Waals surface area contributed by atoms with Gasteiger partial charge in [0.1, 0.15) is 17.2 Å². The van der Waals surface area contributed by atoms with Gasteiger partial charge in [-0.2, -0.15) is 10.4 Å². The second kappa shape index (κ2) is 7.84. The van der Waals surface area contributed by atoms with Crippen LogP contribution in [-0.4, -0.2) is 28.8 Å². The highest BCUT2D eigenvalue weighted by Gasteiger charge is 2.52. The number of phenolic OH excluding ortho intramolecular Hbond substituents is 1. The van der Waals surface area contributed by atoms with Gasteiger partial charge in [0.2, 0.25) is 0 Å². The monoisotopic (exact) mass is 436 g/mol. The van der Waals surface area contributed by atoms with Gasteiger partial charge >= 0.3 is 0 Å². The minimum atomic E-state index is -1.07. The van der Waals surface area contributed by atoms with Gasteiger partial charge in [-0.05, 0) is 48.9 Å². The normalized spacial score (nSPS) is 15.6. The summed E-state index contributed by atoms with van der Waals surface area (Å²) in [6, 6.07) is 22.2. The van der Waals surface area contributed by atoms with Gasteiger partial charge in [0.05, 0.1) is 12.8 Å². The summed E-state index contributed by atoms with van der Waals surface area (Å²) in [6.07, 6.45) is 3.22. The zero-order valence-corrected chi connectivity index (χ0v) is 17.8. The molecule has 1 spiro atoms. The number of fused-ring (bicyclic) bond motifs is 4. The number of rotatable bonds is 4. The van der Waals surface area contributed by atoms with Gasteiger partial charge in [-0.1, -0.05) is 36.4 Å². The fraction of sp³-hybridized carbons (Fsp3) is 0.115. The minimum absolute atomic E-state index is 0.0253. The van der Waals surface area contributed by atoms with Crippen molar-refractivity contribution < 1.29 is 14.6 Å². The maximum absolute atomic E-state index is 13.3. The molecule has 0 atom stereocenters. The van der Waals surface area contributed by atoms with Crippen LogP contribution < -0.4 is 10.1 Å². The molecule has 0 radical (unpaired) electrons. The Kier molecular flexibility index (Phi) is 4.83. The smallest absolute Gasteiger partial charge is 0.285 e. The lowest BCUT2D eigenvalue weighted by Crippen LogP contribution is -2.44. The van der Waals surface area contributed by atoms with Crippen LogP contribution in [0.5, 0.6) is 11.5 Å². The van der Waals surface area contributed by atoms with E-state index in [0.29, 0.717) is 17.9 Å². The largest absolute Gasteiger partial charge is 0.504 e. The Hall–Kier alpha value is -4.57. The Morgan fingerprint density at radius 3 is 2.42 bits per heavy atom. The first-order valence-corrected chi connectivity index (χ1v) is 10.5. The number of anilines is 2. The van der Waals surface area contributed by atoms with Crippen molar-refractivity contribution in [1.29, 1.82) is 5.26 Å². The molecule has 0 aliphatic carbocycles. The fourth-order valence-electron chi connectivity index (χ4n) is 4.36. The van der Waals surface area contributed by atoms with Crippen LogP contribution in [0, 0.1) is 11.3 Å². The summed E-state index contributed by atoms with van der Waals surface area (Å²) in [5, 5.41) is 29.0. The summed E-state index contributed by atoms with van der Waals surface area (Å²) in [6.45, 7) is 2.23. The number of carbonyl (C=O) groups is 1. The Morgan fingerprint density at radius 1 is 1.12 bits per heavy atom. The molecule has 0 fully saturated rings. The number of nitrogens with one attached hydrogen (secondary N) is 1. The third kappa shape index (κ3) is 3.12. The third-order valence-corrected chi connectivity index (χ3v) is 5.78. The number of amides is 1. The van der Waals surface area contributed by atoms with Crippen molar-refractivity contribution in [3.63, 3.8) is 0 Å². The lowest BCUT2D eigenvalue weighted by molar-refractivity contribution is -0.128. The molecule has 2 heterocycles. The summed E-state index contributed by atoms with van der Waals surface area (Å²) in [5.74, 6) is -0.126. The number of nitrogens with zero attached hydrogens (tertiary/aromatic N) is 3. The summed E-state index contributed by atoms with van der Waals surface area (Å²) < 4.78 is 5.45. The van der Waals surface area contributed by atoms with Crippen LogP contribution in [0.2, 0.25) is 0 Å². The Morgan fingerprint density at radius 2 is 1.79 bits per heavy atom. The molecule has 0 bridgehead atoms. The first kappa shape index (κ1) is 20.3. The van der Waals surface area contributed by atoms with Gasteiger partial charge in [0, 0.05) is 22.5 Å². The van der Waals surface area contributed by atoms with Gasteiger partial charge in [-0.3, -0.25) is 4.79 Å². The van der Waals surface area contributed by atoms with Gasteiger partial charge in [-0.25, -0.2) is 5.01 Å². The van der Waals surface area contributed by atoms with E-state index in [1.54, 1.807) is 18.2 Å². The number of benzene rings is 3. The summed E-state index contributed by atoms with van der Waals surface area (Å²) in [4.78, 5) is 13.3. The van der Waals surface area contributed by atoms with E-state index in [2.05, 4.69) is 10.4 Å². The van der Waals surface area contributed by atoms with Crippen molar-refractivity contribution in [2.45, 2.75) is 12.5 Å². The fourth-order valence-corrected chi connectivity index (χ4v) is 4.36. The van der Waals surface area contributed by atoms with Crippen LogP contribution in [0.3, 0.4) is 0 Å². The van der Waals surface area contributed by atoms with Gasteiger partial charge in [0.15, 0.2) is 11.5 Å². The molecule has 2 N–H and O–H groups in total. The zero-order valence-electron chi connectivity index (χ0n) is 17.8. The number of aromatic hydroxyl groups is 1. The molecule has 3 aromatic carbocycles. The SMILES string of the molecule is CCOc1cc(/C=N\N2C(=O)C(C#N)=CC23c2ccccc2Nc2ccccc23)ccc1O. The second-order valence-electron chi connectivity index (χ2n) is 7.67.